The highest BCUT2D eigenvalue weighted by Crippen LogP contribution is 2.11. The molecule has 94 valence electrons. The molecule has 0 aliphatic heterocycles. The summed E-state index contributed by atoms with van der Waals surface area (Å²) in [7, 11) is 1.79. The second-order valence-corrected chi connectivity index (χ2v) is 4.52. The van der Waals surface area contributed by atoms with Crippen LogP contribution in [0.25, 0.3) is 0 Å². The molecule has 2 N–H and O–H groups in total. The summed E-state index contributed by atoms with van der Waals surface area (Å²) in [5.74, 6) is 0.157. The second-order valence-electron chi connectivity index (χ2n) is 4.08. The lowest BCUT2D eigenvalue weighted by molar-refractivity contribution is -0.129. The van der Waals surface area contributed by atoms with E-state index >= 15 is 0 Å². The number of hydrogen-bond acceptors (Lipinski definition) is 2. The average molecular weight is 255 g/mol. The van der Waals surface area contributed by atoms with Gasteiger partial charge in [0.25, 0.3) is 0 Å². The Morgan fingerprint density at radius 1 is 1.35 bits per heavy atom. The second kappa shape index (κ2) is 7.30. The van der Waals surface area contributed by atoms with Gasteiger partial charge in [-0.1, -0.05) is 23.7 Å². The van der Waals surface area contributed by atoms with Crippen molar-refractivity contribution < 1.29 is 4.79 Å². The number of carbonyl (C=O) groups is 1. The maximum atomic E-state index is 11.6. The highest BCUT2D eigenvalue weighted by Gasteiger charge is 2.06. The quantitative estimate of drug-likeness (QED) is 0.845. The molecular formula is C13H19ClN2O. The van der Waals surface area contributed by atoms with Gasteiger partial charge in [0.1, 0.15) is 0 Å². The van der Waals surface area contributed by atoms with E-state index < -0.39 is 0 Å². The lowest BCUT2D eigenvalue weighted by Gasteiger charge is -2.15. The minimum absolute atomic E-state index is 0.157. The zero-order valence-electron chi connectivity index (χ0n) is 10.2. The van der Waals surface area contributed by atoms with Gasteiger partial charge < -0.3 is 10.6 Å². The van der Waals surface area contributed by atoms with Crippen molar-refractivity contribution >= 4 is 17.5 Å². The van der Waals surface area contributed by atoms with E-state index in [1.165, 1.54) is 5.56 Å². The van der Waals surface area contributed by atoms with Crippen molar-refractivity contribution in [3.05, 3.63) is 34.9 Å². The van der Waals surface area contributed by atoms with Gasteiger partial charge in [0.15, 0.2) is 0 Å². The van der Waals surface area contributed by atoms with E-state index in [9.17, 15) is 4.79 Å². The van der Waals surface area contributed by atoms with Crippen LogP contribution in [-0.4, -0.2) is 30.9 Å². The number of carbonyl (C=O) groups excluding carboxylic acids is 1. The smallest absolute Gasteiger partial charge is 0.222 e. The van der Waals surface area contributed by atoms with Crippen LogP contribution < -0.4 is 5.73 Å². The summed E-state index contributed by atoms with van der Waals surface area (Å²) in [4.78, 5) is 13.3. The van der Waals surface area contributed by atoms with Crippen LogP contribution in [-0.2, 0) is 11.2 Å². The third-order valence-corrected chi connectivity index (χ3v) is 2.91. The maximum Gasteiger partial charge on any atom is 0.222 e. The molecule has 1 amide bonds. The predicted octanol–water partition coefficient (Wildman–Crippen LogP) is 2.08. The van der Waals surface area contributed by atoms with Crippen molar-refractivity contribution in [2.24, 2.45) is 5.73 Å². The normalized spacial score (nSPS) is 10.3. The fourth-order valence-electron chi connectivity index (χ4n) is 1.60. The summed E-state index contributed by atoms with van der Waals surface area (Å²) in [5, 5.41) is 0.743. The molecule has 0 spiro atoms. The van der Waals surface area contributed by atoms with Gasteiger partial charge in [-0.25, -0.2) is 0 Å². The number of nitrogens with zero attached hydrogens (tertiary/aromatic N) is 1. The minimum atomic E-state index is 0.157. The first kappa shape index (κ1) is 14.0. The van der Waals surface area contributed by atoms with E-state index in [2.05, 4.69) is 0 Å². The fourth-order valence-corrected chi connectivity index (χ4v) is 1.73. The topological polar surface area (TPSA) is 46.3 Å². The van der Waals surface area contributed by atoms with Gasteiger partial charge in [0.05, 0.1) is 0 Å². The number of benzene rings is 1. The predicted molar refractivity (Wildman–Crippen MR) is 71.1 cm³/mol. The molecule has 0 fully saturated rings. The summed E-state index contributed by atoms with van der Waals surface area (Å²) < 4.78 is 0. The van der Waals surface area contributed by atoms with Crippen LogP contribution in [0, 0.1) is 0 Å². The molecule has 0 atom stereocenters. The molecule has 0 aliphatic carbocycles. The van der Waals surface area contributed by atoms with Gasteiger partial charge in [-0.15, -0.1) is 0 Å². The zero-order chi connectivity index (χ0) is 12.7. The summed E-state index contributed by atoms with van der Waals surface area (Å²) in [5.41, 5.74) is 6.61. The first-order valence-corrected chi connectivity index (χ1v) is 6.19. The molecular weight excluding hydrogens is 236 g/mol. The molecule has 17 heavy (non-hydrogen) atoms. The number of amides is 1. The van der Waals surface area contributed by atoms with Crippen molar-refractivity contribution in [2.45, 2.75) is 19.3 Å². The maximum absolute atomic E-state index is 11.6. The van der Waals surface area contributed by atoms with Crippen molar-refractivity contribution in [1.82, 2.24) is 4.90 Å². The van der Waals surface area contributed by atoms with Crippen LogP contribution in [0.4, 0.5) is 0 Å². The Morgan fingerprint density at radius 3 is 2.59 bits per heavy atom. The Bertz CT molecular complexity index is 351. The van der Waals surface area contributed by atoms with Crippen LogP contribution in [0.5, 0.6) is 0 Å². The number of halogens is 1. The lowest BCUT2D eigenvalue weighted by atomic mass is 10.1. The molecule has 4 heteroatoms. The monoisotopic (exact) mass is 254 g/mol. The van der Waals surface area contributed by atoms with Gasteiger partial charge in [0, 0.05) is 31.6 Å². The zero-order valence-corrected chi connectivity index (χ0v) is 10.9. The third kappa shape index (κ3) is 5.20. The highest BCUT2D eigenvalue weighted by molar-refractivity contribution is 6.30. The molecule has 1 aromatic carbocycles. The number of aryl methyl sites for hydroxylation is 1. The fraction of sp³-hybridized carbons (Fsp3) is 0.462. The SMILES string of the molecule is CN(CCN)C(=O)CCCc1ccc(Cl)cc1. The van der Waals surface area contributed by atoms with Crippen molar-refractivity contribution in [3.8, 4) is 0 Å². The lowest BCUT2D eigenvalue weighted by Crippen LogP contribution is -2.31. The van der Waals surface area contributed by atoms with E-state index in [4.69, 9.17) is 17.3 Å². The molecule has 0 heterocycles. The summed E-state index contributed by atoms with van der Waals surface area (Å²) in [6.45, 7) is 1.14. The molecule has 3 nitrogen and oxygen atoms in total. The van der Waals surface area contributed by atoms with Gasteiger partial charge in [-0.3, -0.25) is 4.79 Å². The van der Waals surface area contributed by atoms with E-state index in [0.717, 1.165) is 17.9 Å². The Kier molecular flexibility index (Phi) is 6.01. The third-order valence-electron chi connectivity index (χ3n) is 2.66. The van der Waals surface area contributed by atoms with E-state index in [1.807, 2.05) is 24.3 Å². The molecule has 0 aromatic heterocycles. The standard InChI is InChI=1S/C13H19ClN2O/c1-16(10-9-15)13(17)4-2-3-11-5-7-12(14)8-6-11/h5-8H,2-4,9-10,15H2,1H3. The van der Waals surface area contributed by atoms with Crippen molar-refractivity contribution in [3.63, 3.8) is 0 Å². The highest BCUT2D eigenvalue weighted by atomic mass is 35.5. The number of hydrogen-bond donors (Lipinski definition) is 1. The summed E-state index contributed by atoms with van der Waals surface area (Å²) >= 11 is 5.80. The molecule has 1 rings (SSSR count). The molecule has 1 aromatic rings. The van der Waals surface area contributed by atoms with Gasteiger partial charge >= 0.3 is 0 Å². The Balaban J connectivity index is 2.28. The number of rotatable bonds is 6. The molecule has 0 unspecified atom stereocenters. The summed E-state index contributed by atoms with van der Waals surface area (Å²) in [6.07, 6.45) is 2.33. The van der Waals surface area contributed by atoms with Crippen LogP contribution in [0.15, 0.2) is 24.3 Å². The molecule has 0 saturated heterocycles. The number of nitrogens with two attached hydrogens (primary N) is 1. The van der Waals surface area contributed by atoms with Gasteiger partial charge in [-0.2, -0.15) is 0 Å². The van der Waals surface area contributed by atoms with Gasteiger partial charge in [-0.05, 0) is 30.5 Å². The summed E-state index contributed by atoms with van der Waals surface area (Å²) in [6, 6.07) is 7.74. The van der Waals surface area contributed by atoms with E-state index in [0.29, 0.717) is 19.5 Å². The first-order valence-electron chi connectivity index (χ1n) is 5.82. The van der Waals surface area contributed by atoms with Crippen LogP contribution in [0.1, 0.15) is 18.4 Å². The number of likely N-dealkylation sites (N-methyl/N-ethyl adjacent to an activating group) is 1. The van der Waals surface area contributed by atoms with Crippen LogP contribution in [0.2, 0.25) is 5.02 Å². The molecule has 0 bridgehead atoms. The van der Waals surface area contributed by atoms with E-state index in [-0.39, 0.29) is 5.91 Å². The van der Waals surface area contributed by atoms with Crippen molar-refractivity contribution in [2.75, 3.05) is 20.1 Å². The Hall–Kier alpha value is -1.06. The Morgan fingerprint density at radius 2 is 2.00 bits per heavy atom. The first-order chi connectivity index (χ1) is 8.13. The largest absolute Gasteiger partial charge is 0.344 e. The molecule has 0 saturated carbocycles. The molecule has 0 radical (unpaired) electrons. The molecule has 0 aliphatic rings. The average Bonchev–Trinajstić information content (AvgIpc) is 2.32. The van der Waals surface area contributed by atoms with Crippen LogP contribution in [0.3, 0.4) is 0 Å². The Labute approximate surface area is 108 Å². The van der Waals surface area contributed by atoms with Gasteiger partial charge in [0.2, 0.25) is 5.91 Å². The minimum Gasteiger partial charge on any atom is -0.344 e. The van der Waals surface area contributed by atoms with Crippen LogP contribution >= 0.6 is 11.6 Å². The van der Waals surface area contributed by atoms with Crippen molar-refractivity contribution in [1.29, 1.82) is 0 Å². The van der Waals surface area contributed by atoms with E-state index in [1.54, 1.807) is 11.9 Å².